The van der Waals surface area contributed by atoms with Gasteiger partial charge in [0.15, 0.2) is 14.6 Å². The molecule has 1 aliphatic carbocycles. The predicted octanol–water partition coefficient (Wildman–Crippen LogP) is 1.69. The minimum atomic E-state index is -3.45. The van der Waals surface area contributed by atoms with E-state index < -0.39 is 20.6 Å². The van der Waals surface area contributed by atoms with Crippen LogP contribution in [0.4, 0.5) is 0 Å². The molecule has 0 aromatic heterocycles. The molecule has 5 heteroatoms. The second kappa shape index (κ2) is 4.73. The average Bonchev–Trinajstić information content (AvgIpc) is 2.28. The Labute approximate surface area is 97.3 Å². The lowest BCUT2D eigenvalue weighted by Gasteiger charge is -2.30. The molecule has 4 nitrogen and oxygen atoms in total. The predicted molar refractivity (Wildman–Crippen MR) is 61.9 cm³/mol. The van der Waals surface area contributed by atoms with Crippen molar-refractivity contribution in [1.29, 1.82) is 0 Å². The van der Waals surface area contributed by atoms with Crippen molar-refractivity contribution in [2.24, 2.45) is 0 Å². The van der Waals surface area contributed by atoms with Gasteiger partial charge >= 0.3 is 5.97 Å². The van der Waals surface area contributed by atoms with Crippen molar-refractivity contribution in [1.82, 2.24) is 0 Å². The van der Waals surface area contributed by atoms with E-state index in [1.807, 2.05) is 0 Å². The van der Waals surface area contributed by atoms with Crippen molar-refractivity contribution in [3.8, 4) is 0 Å². The molecule has 0 saturated heterocycles. The van der Waals surface area contributed by atoms with Crippen molar-refractivity contribution in [2.45, 2.75) is 55.9 Å². The van der Waals surface area contributed by atoms with Gasteiger partial charge in [0.1, 0.15) is 0 Å². The molecule has 0 unspecified atom stereocenters. The van der Waals surface area contributed by atoms with Crippen LogP contribution in [-0.2, 0) is 19.4 Å². The minimum Gasteiger partial charge on any atom is -0.468 e. The van der Waals surface area contributed by atoms with Gasteiger partial charge in [-0.2, -0.15) is 0 Å². The largest absolute Gasteiger partial charge is 0.468 e. The van der Waals surface area contributed by atoms with E-state index in [0.29, 0.717) is 12.8 Å². The molecule has 0 amide bonds. The molecule has 0 aromatic rings. The second-order valence-electron chi connectivity index (χ2n) is 4.81. The molecule has 1 saturated carbocycles. The SMILES string of the molecule is COC(=O)C(C)(C)S(=O)(=O)C1CCCCC1. The van der Waals surface area contributed by atoms with Crippen LogP contribution < -0.4 is 0 Å². The number of hydrogen-bond donors (Lipinski definition) is 0. The fraction of sp³-hybridized carbons (Fsp3) is 0.909. The molecule has 0 aliphatic heterocycles. The lowest BCUT2D eigenvalue weighted by molar-refractivity contribution is -0.142. The van der Waals surface area contributed by atoms with Crippen LogP contribution >= 0.6 is 0 Å². The molecule has 0 heterocycles. The molecule has 0 aromatic carbocycles. The summed E-state index contributed by atoms with van der Waals surface area (Å²) in [6.07, 6.45) is 4.29. The highest BCUT2D eigenvalue weighted by Gasteiger charge is 2.47. The maximum absolute atomic E-state index is 12.3. The zero-order valence-electron chi connectivity index (χ0n) is 10.2. The summed E-state index contributed by atoms with van der Waals surface area (Å²) in [7, 11) is -2.22. The highest BCUT2D eigenvalue weighted by atomic mass is 32.2. The summed E-state index contributed by atoms with van der Waals surface area (Å²) >= 11 is 0. The average molecular weight is 248 g/mol. The Kier molecular flexibility index (Phi) is 3.99. The van der Waals surface area contributed by atoms with Gasteiger partial charge < -0.3 is 4.74 Å². The molecule has 0 spiro atoms. The number of methoxy groups -OCH3 is 1. The molecular weight excluding hydrogens is 228 g/mol. The van der Waals surface area contributed by atoms with Crippen molar-refractivity contribution in [3.05, 3.63) is 0 Å². The van der Waals surface area contributed by atoms with Crippen LogP contribution in [0.2, 0.25) is 0 Å². The Bertz CT molecular complexity index is 350. The molecule has 16 heavy (non-hydrogen) atoms. The van der Waals surface area contributed by atoms with Crippen molar-refractivity contribution in [2.75, 3.05) is 7.11 Å². The van der Waals surface area contributed by atoms with Crippen molar-refractivity contribution < 1.29 is 17.9 Å². The van der Waals surface area contributed by atoms with Crippen molar-refractivity contribution in [3.63, 3.8) is 0 Å². The summed E-state index contributed by atoms with van der Waals surface area (Å²) in [4.78, 5) is 11.5. The molecule has 0 atom stereocenters. The summed E-state index contributed by atoms with van der Waals surface area (Å²) in [5, 5.41) is -0.379. The van der Waals surface area contributed by atoms with Gasteiger partial charge in [-0.3, -0.25) is 4.79 Å². The molecule has 0 N–H and O–H groups in total. The Morgan fingerprint density at radius 1 is 1.19 bits per heavy atom. The van der Waals surface area contributed by atoms with E-state index in [2.05, 4.69) is 4.74 Å². The fourth-order valence-electron chi connectivity index (χ4n) is 2.15. The standard InChI is InChI=1S/C11H20O4S/c1-11(2,10(12)15-3)16(13,14)9-7-5-4-6-8-9/h9H,4-8H2,1-3H3. The number of ether oxygens (including phenoxy) is 1. The summed E-state index contributed by atoms with van der Waals surface area (Å²) < 4.78 is 27.8. The fourth-order valence-corrected chi connectivity index (χ4v) is 4.26. The zero-order valence-corrected chi connectivity index (χ0v) is 11.0. The number of hydrogen-bond acceptors (Lipinski definition) is 4. The van der Waals surface area contributed by atoms with E-state index in [4.69, 9.17) is 0 Å². The van der Waals surface area contributed by atoms with E-state index in [9.17, 15) is 13.2 Å². The monoisotopic (exact) mass is 248 g/mol. The molecular formula is C11H20O4S. The van der Waals surface area contributed by atoms with Gasteiger partial charge in [-0.05, 0) is 26.7 Å². The van der Waals surface area contributed by atoms with Gasteiger partial charge in [0.2, 0.25) is 0 Å². The summed E-state index contributed by atoms with van der Waals surface area (Å²) in [5.41, 5.74) is 0. The number of esters is 1. The molecule has 0 bridgehead atoms. The first-order chi connectivity index (χ1) is 7.34. The Morgan fingerprint density at radius 2 is 1.69 bits per heavy atom. The quantitative estimate of drug-likeness (QED) is 0.713. The topological polar surface area (TPSA) is 60.4 Å². The van der Waals surface area contributed by atoms with E-state index in [1.165, 1.54) is 21.0 Å². The number of carbonyl (C=O) groups is 1. The van der Waals surface area contributed by atoms with E-state index >= 15 is 0 Å². The lowest BCUT2D eigenvalue weighted by atomic mass is 10.0. The third-order valence-electron chi connectivity index (χ3n) is 3.38. The maximum atomic E-state index is 12.3. The van der Waals surface area contributed by atoms with Crippen LogP contribution in [0.15, 0.2) is 0 Å². The first-order valence-corrected chi connectivity index (χ1v) is 7.20. The van der Waals surface area contributed by atoms with Gasteiger partial charge in [-0.25, -0.2) is 8.42 Å². The van der Waals surface area contributed by atoms with Gasteiger partial charge in [0.05, 0.1) is 12.4 Å². The highest BCUT2D eigenvalue weighted by Crippen LogP contribution is 2.31. The Morgan fingerprint density at radius 3 is 2.12 bits per heavy atom. The minimum absolute atomic E-state index is 0.379. The van der Waals surface area contributed by atoms with Crippen LogP contribution in [0, 0.1) is 0 Å². The van der Waals surface area contributed by atoms with Gasteiger partial charge in [0.25, 0.3) is 0 Å². The molecule has 1 aliphatic rings. The van der Waals surface area contributed by atoms with Crippen LogP contribution in [-0.4, -0.2) is 31.5 Å². The Balaban J connectivity index is 2.95. The smallest absolute Gasteiger partial charge is 0.326 e. The number of rotatable bonds is 3. The first-order valence-electron chi connectivity index (χ1n) is 5.66. The van der Waals surface area contributed by atoms with Crippen LogP contribution in [0.25, 0.3) is 0 Å². The second-order valence-corrected chi connectivity index (χ2v) is 7.58. The van der Waals surface area contributed by atoms with E-state index in [0.717, 1.165) is 19.3 Å². The van der Waals surface area contributed by atoms with Gasteiger partial charge in [-0.1, -0.05) is 19.3 Å². The zero-order chi connectivity index (χ0) is 12.4. The van der Waals surface area contributed by atoms with Crippen LogP contribution in [0.3, 0.4) is 0 Å². The third kappa shape index (κ3) is 2.24. The van der Waals surface area contributed by atoms with Crippen LogP contribution in [0.1, 0.15) is 46.0 Å². The molecule has 1 rings (SSSR count). The molecule has 0 radical (unpaired) electrons. The maximum Gasteiger partial charge on any atom is 0.326 e. The van der Waals surface area contributed by atoms with Crippen LogP contribution in [0.5, 0.6) is 0 Å². The first kappa shape index (κ1) is 13.5. The van der Waals surface area contributed by atoms with E-state index in [1.54, 1.807) is 0 Å². The highest BCUT2D eigenvalue weighted by molar-refractivity contribution is 7.94. The number of carbonyl (C=O) groups excluding carboxylic acids is 1. The normalized spacial score (nSPS) is 19.4. The Hall–Kier alpha value is -0.580. The number of sulfone groups is 1. The van der Waals surface area contributed by atoms with Gasteiger partial charge in [0, 0.05) is 0 Å². The molecule has 94 valence electrons. The third-order valence-corrected chi connectivity index (χ3v) is 6.32. The lowest BCUT2D eigenvalue weighted by Crippen LogP contribution is -2.47. The van der Waals surface area contributed by atoms with Gasteiger partial charge in [-0.15, -0.1) is 0 Å². The summed E-state index contributed by atoms with van der Waals surface area (Å²) in [6, 6.07) is 0. The summed E-state index contributed by atoms with van der Waals surface area (Å²) in [6.45, 7) is 2.87. The van der Waals surface area contributed by atoms with Crippen molar-refractivity contribution >= 4 is 15.8 Å². The summed E-state index contributed by atoms with van der Waals surface area (Å²) in [5.74, 6) is -0.668. The molecule has 1 fully saturated rings. The van der Waals surface area contributed by atoms with E-state index in [-0.39, 0.29) is 5.25 Å².